The van der Waals surface area contributed by atoms with E-state index in [2.05, 4.69) is 10.6 Å². The molecule has 0 bridgehead atoms. The number of hydrogen-bond acceptors (Lipinski definition) is 5. The van der Waals surface area contributed by atoms with E-state index in [9.17, 15) is 22.8 Å². The summed E-state index contributed by atoms with van der Waals surface area (Å²) in [6.07, 6.45) is -4.28. The van der Waals surface area contributed by atoms with Crippen LogP contribution in [0.25, 0.3) is 0 Å². The predicted molar refractivity (Wildman–Crippen MR) is 79.3 cm³/mol. The van der Waals surface area contributed by atoms with E-state index in [1.54, 1.807) is 18.2 Å². The molecule has 1 aliphatic rings. The second-order valence-electron chi connectivity index (χ2n) is 4.72. The Kier molecular flexibility index (Phi) is 6.41. The topological polar surface area (TPSA) is 122 Å². The number of carbonyl (C=O) groups excluding carboxylic acids is 2. The minimum absolute atomic E-state index is 0.237. The van der Waals surface area contributed by atoms with Gasteiger partial charge in [-0.25, -0.2) is 4.79 Å². The summed E-state index contributed by atoms with van der Waals surface area (Å²) >= 11 is 5.85. The Morgan fingerprint density at radius 2 is 1.92 bits per heavy atom. The van der Waals surface area contributed by atoms with Gasteiger partial charge in [-0.2, -0.15) is 13.2 Å². The van der Waals surface area contributed by atoms with Crippen molar-refractivity contribution in [3.05, 3.63) is 23.2 Å². The van der Waals surface area contributed by atoms with Crippen LogP contribution in [-0.4, -0.2) is 35.1 Å². The van der Waals surface area contributed by atoms with Crippen molar-refractivity contribution >= 4 is 40.8 Å². The molecular weight excluding hydrogens is 355 g/mol. The Morgan fingerprint density at radius 1 is 1.33 bits per heavy atom. The summed E-state index contributed by atoms with van der Waals surface area (Å²) in [7, 11) is 0. The molecule has 1 atom stereocenters. The highest BCUT2D eigenvalue weighted by atomic mass is 35.5. The molecule has 2 amide bonds. The monoisotopic (exact) mass is 367 g/mol. The normalized spacial score (nSPS) is 17.4. The number of carboxylic acids is 1. The molecule has 11 heteroatoms. The summed E-state index contributed by atoms with van der Waals surface area (Å²) < 4.78 is 31.7. The SMILES string of the molecule is Nc1cc(Cl)cc(NC2CCC(=O)NC2=O)c1.O=C(O)C(F)(F)F. The number of halogens is 4. The molecule has 0 radical (unpaired) electrons. The van der Waals surface area contributed by atoms with Crippen molar-refractivity contribution in [1.29, 1.82) is 0 Å². The van der Waals surface area contributed by atoms with Crippen molar-refractivity contribution in [3.8, 4) is 0 Å². The summed E-state index contributed by atoms with van der Waals surface area (Å²) in [6.45, 7) is 0. The maximum absolute atomic E-state index is 11.5. The molecular formula is C13H13ClF3N3O4. The molecule has 0 saturated carbocycles. The first kappa shape index (κ1) is 19.6. The van der Waals surface area contributed by atoms with Gasteiger partial charge in [0.05, 0.1) is 0 Å². The molecule has 5 N–H and O–H groups in total. The number of imide groups is 1. The number of benzene rings is 1. The number of rotatable bonds is 2. The van der Waals surface area contributed by atoms with Crippen molar-refractivity contribution in [2.75, 3.05) is 11.1 Å². The van der Waals surface area contributed by atoms with E-state index in [-0.39, 0.29) is 11.8 Å². The Labute approximate surface area is 139 Å². The van der Waals surface area contributed by atoms with Crippen LogP contribution in [0, 0.1) is 0 Å². The highest BCUT2D eigenvalue weighted by Gasteiger charge is 2.38. The van der Waals surface area contributed by atoms with E-state index in [1.807, 2.05) is 0 Å². The molecule has 1 saturated heterocycles. The van der Waals surface area contributed by atoms with Crippen LogP contribution >= 0.6 is 11.6 Å². The summed E-state index contributed by atoms with van der Waals surface area (Å²) in [5.74, 6) is -3.31. The van der Waals surface area contributed by atoms with E-state index in [4.69, 9.17) is 27.2 Å². The second-order valence-corrected chi connectivity index (χ2v) is 5.16. The van der Waals surface area contributed by atoms with Crippen molar-refractivity contribution in [2.45, 2.75) is 25.1 Å². The largest absolute Gasteiger partial charge is 0.490 e. The Bertz CT molecular complexity index is 632. The van der Waals surface area contributed by atoms with E-state index >= 15 is 0 Å². The van der Waals surface area contributed by atoms with Crippen molar-refractivity contribution in [2.24, 2.45) is 0 Å². The molecule has 0 aliphatic carbocycles. The van der Waals surface area contributed by atoms with Crippen molar-refractivity contribution in [1.82, 2.24) is 5.32 Å². The minimum Gasteiger partial charge on any atom is -0.475 e. The fourth-order valence-electron chi connectivity index (χ4n) is 1.73. The molecule has 132 valence electrons. The third kappa shape index (κ3) is 6.32. The molecule has 1 aliphatic heterocycles. The molecule has 7 nitrogen and oxygen atoms in total. The van der Waals surface area contributed by atoms with Crippen LogP contribution in [0.1, 0.15) is 12.8 Å². The van der Waals surface area contributed by atoms with Gasteiger partial charge in [-0.3, -0.25) is 14.9 Å². The summed E-state index contributed by atoms with van der Waals surface area (Å²) in [5.41, 5.74) is 6.83. The van der Waals surface area contributed by atoms with Crippen LogP contribution < -0.4 is 16.4 Å². The number of anilines is 2. The maximum Gasteiger partial charge on any atom is 0.490 e. The number of nitrogens with two attached hydrogens (primary N) is 1. The molecule has 2 rings (SSSR count). The van der Waals surface area contributed by atoms with Gasteiger partial charge < -0.3 is 16.2 Å². The highest BCUT2D eigenvalue weighted by molar-refractivity contribution is 6.31. The first-order valence-corrected chi connectivity index (χ1v) is 6.83. The number of carbonyl (C=O) groups is 3. The molecule has 1 unspecified atom stereocenters. The summed E-state index contributed by atoms with van der Waals surface area (Å²) in [5, 5.41) is 12.9. The van der Waals surface area contributed by atoms with Gasteiger partial charge in [-0.05, 0) is 24.6 Å². The smallest absolute Gasteiger partial charge is 0.475 e. The van der Waals surface area contributed by atoms with E-state index in [1.165, 1.54) is 0 Å². The molecule has 1 fully saturated rings. The van der Waals surface area contributed by atoms with Crippen LogP contribution in [0.5, 0.6) is 0 Å². The van der Waals surface area contributed by atoms with Crippen LogP contribution in [0.2, 0.25) is 5.02 Å². The highest BCUT2D eigenvalue weighted by Crippen LogP contribution is 2.22. The van der Waals surface area contributed by atoms with Gasteiger partial charge in [0.15, 0.2) is 0 Å². The lowest BCUT2D eigenvalue weighted by Gasteiger charge is -2.23. The van der Waals surface area contributed by atoms with E-state index in [0.717, 1.165) is 0 Å². The first-order chi connectivity index (χ1) is 11.0. The predicted octanol–water partition coefficient (Wildman–Crippen LogP) is 1.77. The molecule has 24 heavy (non-hydrogen) atoms. The summed E-state index contributed by atoms with van der Waals surface area (Å²) in [6, 6.07) is 4.57. The molecule has 0 aromatic heterocycles. The number of amides is 2. The third-order valence-corrected chi connectivity index (χ3v) is 2.96. The van der Waals surface area contributed by atoms with Gasteiger partial charge in [-0.1, -0.05) is 11.6 Å². The number of aliphatic carboxylic acids is 1. The van der Waals surface area contributed by atoms with Crippen LogP contribution in [-0.2, 0) is 14.4 Å². The summed E-state index contributed by atoms with van der Waals surface area (Å²) in [4.78, 5) is 31.4. The molecule has 1 aromatic rings. The van der Waals surface area contributed by atoms with Gasteiger partial charge >= 0.3 is 12.1 Å². The lowest BCUT2D eigenvalue weighted by atomic mass is 10.1. The fourth-order valence-corrected chi connectivity index (χ4v) is 1.97. The number of alkyl halides is 3. The van der Waals surface area contributed by atoms with Gasteiger partial charge in [0.25, 0.3) is 0 Å². The van der Waals surface area contributed by atoms with Crippen LogP contribution in [0.3, 0.4) is 0 Å². The van der Waals surface area contributed by atoms with E-state index < -0.39 is 18.2 Å². The Balaban J connectivity index is 0.000000351. The van der Waals surface area contributed by atoms with Crippen molar-refractivity contribution < 1.29 is 32.7 Å². The fraction of sp³-hybridized carbons (Fsp3) is 0.308. The maximum atomic E-state index is 11.5. The molecule has 1 aromatic carbocycles. The standard InChI is InChI=1S/C11H12ClN3O2.C2HF3O2/c12-6-3-7(13)5-8(4-6)14-9-1-2-10(16)15-11(9)17;3-2(4,5)1(6)7/h3-5,9,14H,1-2,13H2,(H,15,16,17);(H,6,7). The number of carboxylic acid groups (broad SMARTS) is 1. The van der Waals surface area contributed by atoms with Gasteiger partial charge in [0, 0.05) is 22.8 Å². The minimum atomic E-state index is -5.08. The zero-order valence-corrected chi connectivity index (χ0v) is 12.7. The molecule has 0 spiro atoms. The average Bonchev–Trinajstić information content (AvgIpc) is 2.40. The van der Waals surface area contributed by atoms with E-state index in [0.29, 0.717) is 29.2 Å². The van der Waals surface area contributed by atoms with Crippen LogP contribution in [0.4, 0.5) is 24.5 Å². The van der Waals surface area contributed by atoms with Gasteiger partial charge in [-0.15, -0.1) is 0 Å². The zero-order valence-electron chi connectivity index (χ0n) is 12.0. The second kappa shape index (κ2) is 7.86. The quantitative estimate of drug-likeness (QED) is 0.467. The number of piperidine rings is 1. The average molecular weight is 368 g/mol. The van der Waals surface area contributed by atoms with Crippen LogP contribution in [0.15, 0.2) is 18.2 Å². The number of nitrogen functional groups attached to an aromatic ring is 1. The zero-order chi connectivity index (χ0) is 18.5. The molecule has 1 heterocycles. The first-order valence-electron chi connectivity index (χ1n) is 6.45. The lowest BCUT2D eigenvalue weighted by molar-refractivity contribution is -0.192. The Morgan fingerprint density at radius 3 is 2.38 bits per heavy atom. The number of hydrogen-bond donors (Lipinski definition) is 4. The Hall–Kier alpha value is -2.49. The van der Waals surface area contributed by atoms with Gasteiger partial charge in [0.1, 0.15) is 6.04 Å². The lowest BCUT2D eigenvalue weighted by Crippen LogP contribution is -2.47. The third-order valence-electron chi connectivity index (χ3n) is 2.74. The van der Waals surface area contributed by atoms with Gasteiger partial charge in [0.2, 0.25) is 11.8 Å². The van der Waals surface area contributed by atoms with Crippen molar-refractivity contribution in [3.63, 3.8) is 0 Å². The number of nitrogens with one attached hydrogen (secondary N) is 2.